The summed E-state index contributed by atoms with van der Waals surface area (Å²) in [6.07, 6.45) is 1.13. The second kappa shape index (κ2) is 6.33. The number of hydrogen-bond acceptors (Lipinski definition) is 3. The molecule has 102 valence electrons. The van der Waals surface area contributed by atoms with E-state index in [1.54, 1.807) is 4.90 Å². The summed E-state index contributed by atoms with van der Waals surface area (Å²) in [7, 11) is 0. The van der Waals surface area contributed by atoms with Crippen LogP contribution in [-0.2, 0) is 11.2 Å². The predicted molar refractivity (Wildman–Crippen MR) is 72.7 cm³/mol. The molecule has 0 saturated carbocycles. The Kier molecular flexibility index (Phi) is 4.52. The highest BCUT2D eigenvalue weighted by atomic mass is 16.2. The second-order valence-electron chi connectivity index (χ2n) is 4.63. The Labute approximate surface area is 112 Å². The lowest BCUT2D eigenvalue weighted by Crippen LogP contribution is -2.34. The number of nitrogens with zero attached hydrogens (tertiary/aromatic N) is 1. The monoisotopic (exact) mass is 261 g/mol. The number of nitrogens with one attached hydrogen (secondary N) is 1. The standard InChI is InChI=1S/C14H19N3O2/c15-6-4-11-2-1-3-12(10-11)14(19)17-8-5-13(18)16-7-9-17/h1-3,10H,4-9,15H2,(H,16,18). The van der Waals surface area contributed by atoms with Gasteiger partial charge in [-0.2, -0.15) is 0 Å². The van der Waals surface area contributed by atoms with Crippen molar-refractivity contribution in [3.05, 3.63) is 35.4 Å². The van der Waals surface area contributed by atoms with Crippen molar-refractivity contribution in [1.29, 1.82) is 0 Å². The van der Waals surface area contributed by atoms with E-state index in [0.717, 1.165) is 12.0 Å². The minimum absolute atomic E-state index is 0.00665. The largest absolute Gasteiger partial charge is 0.354 e. The van der Waals surface area contributed by atoms with Crippen LogP contribution in [0.15, 0.2) is 24.3 Å². The van der Waals surface area contributed by atoms with Gasteiger partial charge in [0, 0.05) is 31.6 Å². The summed E-state index contributed by atoms with van der Waals surface area (Å²) in [6, 6.07) is 7.54. The van der Waals surface area contributed by atoms with Gasteiger partial charge in [-0.25, -0.2) is 0 Å². The van der Waals surface area contributed by atoms with E-state index >= 15 is 0 Å². The fraction of sp³-hybridized carbons (Fsp3) is 0.429. The maximum atomic E-state index is 12.4. The molecule has 0 bridgehead atoms. The topological polar surface area (TPSA) is 75.4 Å². The first-order chi connectivity index (χ1) is 9.20. The number of carbonyl (C=O) groups excluding carboxylic acids is 2. The molecule has 3 N–H and O–H groups in total. The zero-order chi connectivity index (χ0) is 13.7. The minimum atomic E-state index is -0.0182. The molecule has 0 unspecified atom stereocenters. The van der Waals surface area contributed by atoms with Crippen LogP contribution in [0.4, 0.5) is 0 Å². The third-order valence-corrected chi connectivity index (χ3v) is 3.21. The van der Waals surface area contributed by atoms with E-state index < -0.39 is 0 Å². The van der Waals surface area contributed by atoms with E-state index in [4.69, 9.17) is 5.73 Å². The van der Waals surface area contributed by atoms with Gasteiger partial charge in [-0.15, -0.1) is 0 Å². The van der Waals surface area contributed by atoms with Gasteiger partial charge in [-0.3, -0.25) is 9.59 Å². The van der Waals surface area contributed by atoms with Crippen LogP contribution in [-0.4, -0.2) is 42.9 Å². The van der Waals surface area contributed by atoms with Crippen molar-refractivity contribution in [3.63, 3.8) is 0 Å². The number of rotatable bonds is 3. The highest BCUT2D eigenvalue weighted by Crippen LogP contribution is 2.10. The predicted octanol–water partition coefficient (Wildman–Crippen LogP) is 0.150. The van der Waals surface area contributed by atoms with Crippen molar-refractivity contribution < 1.29 is 9.59 Å². The van der Waals surface area contributed by atoms with Crippen LogP contribution in [0.25, 0.3) is 0 Å². The molecule has 19 heavy (non-hydrogen) atoms. The molecule has 1 aromatic carbocycles. The summed E-state index contributed by atoms with van der Waals surface area (Å²) < 4.78 is 0. The van der Waals surface area contributed by atoms with Gasteiger partial charge >= 0.3 is 0 Å². The summed E-state index contributed by atoms with van der Waals surface area (Å²) in [5.74, 6) is -0.0115. The molecule has 1 saturated heterocycles. The van der Waals surface area contributed by atoms with Gasteiger partial charge in [0.1, 0.15) is 0 Å². The maximum absolute atomic E-state index is 12.4. The SMILES string of the molecule is NCCc1cccc(C(=O)N2CCNC(=O)CC2)c1. The van der Waals surface area contributed by atoms with Crippen molar-refractivity contribution in [2.45, 2.75) is 12.8 Å². The molecule has 0 spiro atoms. The summed E-state index contributed by atoms with van der Waals surface area (Å²) >= 11 is 0. The summed E-state index contributed by atoms with van der Waals surface area (Å²) in [4.78, 5) is 25.4. The van der Waals surface area contributed by atoms with Crippen LogP contribution in [0, 0.1) is 0 Å². The van der Waals surface area contributed by atoms with E-state index in [1.165, 1.54) is 0 Å². The summed E-state index contributed by atoms with van der Waals surface area (Å²) in [5, 5.41) is 2.76. The van der Waals surface area contributed by atoms with E-state index in [0.29, 0.717) is 38.2 Å². The third-order valence-electron chi connectivity index (χ3n) is 3.21. The van der Waals surface area contributed by atoms with E-state index in [-0.39, 0.29) is 11.8 Å². The zero-order valence-corrected chi connectivity index (χ0v) is 10.9. The van der Waals surface area contributed by atoms with Crippen LogP contribution >= 0.6 is 0 Å². The minimum Gasteiger partial charge on any atom is -0.354 e. The van der Waals surface area contributed by atoms with Gasteiger partial charge in [-0.1, -0.05) is 12.1 Å². The lowest BCUT2D eigenvalue weighted by molar-refractivity contribution is -0.120. The van der Waals surface area contributed by atoms with Crippen LogP contribution in [0.2, 0.25) is 0 Å². The van der Waals surface area contributed by atoms with Gasteiger partial charge < -0.3 is 16.0 Å². The summed E-state index contributed by atoms with van der Waals surface area (Å²) in [6.45, 7) is 2.13. The van der Waals surface area contributed by atoms with Crippen molar-refractivity contribution in [3.8, 4) is 0 Å². The number of nitrogens with two attached hydrogens (primary N) is 1. The molecule has 1 heterocycles. The Morgan fingerprint density at radius 3 is 3.00 bits per heavy atom. The first kappa shape index (κ1) is 13.5. The smallest absolute Gasteiger partial charge is 0.253 e. The quantitative estimate of drug-likeness (QED) is 0.813. The van der Waals surface area contributed by atoms with Crippen LogP contribution < -0.4 is 11.1 Å². The Hall–Kier alpha value is -1.88. The van der Waals surface area contributed by atoms with Crippen molar-refractivity contribution in [2.75, 3.05) is 26.2 Å². The molecule has 5 nitrogen and oxygen atoms in total. The highest BCUT2D eigenvalue weighted by molar-refractivity contribution is 5.94. The van der Waals surface area contributed by atoms with Gasteiger partial charge in [-0.05, 0) is 30.7 Å². The van der Waals surface area contributed by atoms with Crippen LogP contribution in [0.3, 0.4) is 0 Å². The van der Waals surface area contributed by atoms with E-state index in [2.05, 4.69) is 5.32 Å². The number of hydrogen-bond donors (Lipinski definition) is 2. The Morgan fingerprint density at radius 2 is 2.21 bits per heavy atom. The van der Waals surface area contributed by atoms with Crippen LogP contribution in [0.1, 0.15) is 22.3 Å². The fourth-order valence-corrected chi connectivity index (χ4v) is 2.18. The zero-order valence-electron chi connectivity index (χ0n) is 10.9. The summed E-state index contributed by atoms with van der Waals surface area (Å²) in [5.41, 5.74) is 7.26. The normalized spacial score (nSPS) is 15.8. The fourth-order valence-electron chi connectivity index (χ4n) is 2.18. The van der Waals surface area contributed by atoms with Crippen molar-refractivity contribution in [1.82, 2.24) is 10.2 Å². The third kappa shape index (κ3) is 3.54. The molecule has 2 amide bonds. The lowest BCUT2D eigenvalue weighted by Gasteiger charge is -2.19. The maximum Gasteiger partial charge on any atom is 0.253 e. The van der Waals surface area contributed by atoms with E-state index in [1.807, 2.05) is 24.3 Å². The molecule has 1 fully saturated rings. The second-order valence-corrected chi connectivity index (χ2v) is 4.63. The molecule has 0 atom stereocenters. The molecule has 1 aromatic rings. The molecule has 0 aliphatic carbocycles. The molecule has 0 aromatic heterocycles. The van der Waals surface area contributed by atoms with Crippen LogP contribution in [0.5, 0.6) is 0 Å². The molecule has 5 heteroatoms. The number of benzene rings is 1. The molecule has 0 radical (unpaired) electrons. The van der Waals surface area contributed by atoms with Gasteiger partial charge in [0.05, 0.1) is 0 Å². The van der Waals surface area contributed by atoms with Crippen molar-refractivity contribution in [2.24, 2.45) is 5.73 Å². The van der Waals surface area contributed by atoms with Crippen molar-refractivity contribution >= 4 is 11.8 Å². The number of carbonyl (C=O) groups is 2. The molecular weight excluding hydrogens is 242 g/mol. The molecular formula is C14H19N3O2. The van der Waals surface area contributed by atoms with Gasteiger partial charge in [0.15, 0.2) is 0 Å². The Balaban J connectivity index is 2.09. The first-order valence-electron chi connectivity index (χ1n) is 6.55. The Morgan fingerprint density at radius 1 is 1.37 bits per heavy atom. The van der Waals surface area contributed by atoms with Gasteiger partial charge in [0.2, 0.25) is 5.91 Å². The Bertz CT molecular complexity index is 474. The first-order valence-corrected chi connectivity index (χ1v) is 6.55. The van der Waals surface area contributed by atoms with Gasteiger partial charge in [0.25, 0.3) is 5.91 Å². The average Bonchev–Trinajstić information content (AvgIpc) is 2.63. The molecule has 2 rings (SSSR count). The molecule has 1 aliphatic rings. The average molecular weight is 261 g/mol. The highest BCUT2D eigenvalue weighted by Gasteiger charge is 2.19. The lowest BCUT2D eigenvalue weighted by atomic mass is 10.1. The molecule has 1 aliphatic heterocycles. The number of amides is 2. The van der Waals surface area contributed by atoms with E-state index in [9.17, 15) is 9.59 Å².